The van der Waals surface area contributed by atoms with Gasteiger partial charge < -0.3 is 0 Å². The number of hydrogen-bond acceptors (Lipinski definition) is 0. The van der Waals surface area contributed by atoms with E-state index in [-0.39, 0.29) is 0 Å². The van der Waals surface area contributed by atoms with Gasteiger partial charge in [0.15, 0.2) is 0 Å². The third kappa shape index (κ3) is 9.00. The van der Waals surface area contributed by atoms with Crippen LogP contribution in [0.3, 0.4) is 0 Å². The zero-order chi connectivity index (χ0) is 19.7. The van der Waals surface area contributed by atoms with Crippen molar-refractivity contribution in [1.29, 1.82) is 0 Å². The minimum atomic E-state index is -0.826. The fraction of sp³-hybridized carbons (Fsp3) is 0.545. The standard InChI is InChI=1S/2C11H17.2ClH.Zr/c2*1-9(2)11(3,4)10-7-5-6-8-10;;;/h2*5-9H,1-4H3;2*1H;/q;;;;+4/p-2. The monoisotopic (exact) mass is 458 g/mol. The van der Waals surface area contributed by atoms with Crippen molar-refractivity contribution in [2.45, 2.75) is 55.4 Å². The van der Waals surface area contributed by atoms with Crippen molar-refractivity contribution in [1.82, 2.24) is 0 Å². The summed E-state index contributed by atoms with van der Waals surface area (Å²) in [5.41, 5.74) is 0.646. The van der Waals surface area contributed by atoms with Crippen molar-refractivity contribution in [3.05, 3.63) is 63.2 Å². The molecule has 0 aromatic carbocycles. The second-order valence-electron chi connectivity index (χ2n) is 8.17. The van der Waals surface area contributed by atoms with Gasteiger partial charge in [-0.3, -0.25) is 0 Å². The Morgan fingerprint density at radius 1 is 0.640 bits per heavy atom. The molecule has 0 spiro atoms. The Bertz CT molecular complexity index is 293. The summed E-state index contributed by atoms with van der Waals surface area (Å²) in [4.78, 5) is 0. The minimum absolute atomic E-state index is 0.323. The van der Waals surface area contributed by atoms with Gasteiger partial charge in [0.2, 0.25) is 0 Å². The first-order valence-corrected chi connectivity index (χ1v) is 15.2. The van der Waals surface area contributed by atoms with Crippen LogP contribution < -0.4 is 0 Å². The van der Waals surface area contributed by atoms with Gasteiger partial charge >= 0.3 is 37.9 Å². The maximum atomic E-state index is 4.93. The van der Waals surface area contributed by atoms with E-state index < -0.39 is 20.8 Å². The van der Waals surface area contributed by atoms with E-state index >= 15 is 0 Å². The van der Waals surface area contributed by atoms with Crippen molar-refractivity contribution in [3.8, 4) is 0 Å². The number of rotatable bonds is 4. The SMILES string of the molecule is CC(C)C(C)(C)[C]1[CH][CH][CH][CH]1.CC(C)C(C)(C)[C]1[CH][CH][CH][CH]1.[Cl][Zr+2][Cl]. The second-order valence-corrected chi connectivity index (χ2v) is 11.9. The van der Waals surface area contributed by atoms with Crippen LogP contribution in [0.5, 0.6) is 0 Å². The third-order valence-electron chi connectivity index (χ3n) is 5.70. The topological polar surface area (TPSA) is 0 Å². The molecular formula is C22H34Cl2Zr+2. The van der Waals surface area contributed by atoms with Crippen LogP contribution in [0.15, 0.2) is 0 Å². The van der Waals surface area contributed by atoms with Gasteiger partial charge in [0.25, 0.3) is 0 Å². The third-order valence-corrected chi connectivity index (χ3v) is 5.70. The first-order chi connectivity index (χ1) is 11.5. The van der Waals surface area contributed by atoms with Gasteiger partial charge in [-0.25, -0.2) is 0 Å². The van der Waals surface area contributed by atoms with E-state index in [2.05, 4.69) is 107 Å². The van der Waals surface area contributed by atoms with E-state index in [0.717, 1.165) is 0 Å². The van der Waals surface area contributed by atoms with E-state index in [9.17, 15) is 0 Å². The van der Waals surface area contributed by atoms with Gasteiger partial charge in [0.05, 0.1) is 0 Å². The molecular weight excluding hydrogens is 426 g/mol. The fourth-order valence-corrected chi connectivity index (χ4v) is 2.27. The molecule has 0 atom stereocenters. The molecule has 0 aromatic heterocycles. The molecule has 2 aliphatic rings. The first-order valence-electron chi connectivity index (χ1n) is 8.92. The van der Waals surface area contributed by atoms with Crippen LogP contribution in [0, 0.1) is 85.9 Å². The predicted octanol–water partition coefficient (Wildman–Crippen LogP) is 7.52. The van der Waals surface area contributed by atoms with Crippen LogP contribution in [-0.2, 0) is 20.8 Å². The molecule has 0 aromatic rings. The Morgan fingerprint density at radius 2 is 0.840 bits per heavy atom. The summed E-state index contributed by atoms with van der Waals surface area (Å²) in [5, 5.41) is 0. The molecule has 10 radical (unpaired) electrons. The van der Waals surface area contributed by atoms with Crippen molar-refractivity contribution >= 4 is 17.0 Å². The average Bonchev–Trinajstić information content (AvgIpc) is 3.22. The van der Waals surface area contributed by atoms with Gasteiger partial charge in [-0.15, -0.1) is 0 Å². The van der Waals surface area contributed by atoms with Gasteiger partial charge in [0.1, 0.15) is 0 Å². The van der Waals surface area contributed by atoms with Gasteiger partial charge in [0, 0.05) is 0 Å². The maximum absolute atomic E-state index is 4.93. The summed E-state index contributed by atoms with van der Waals surface area (Å²) in [6.45, 7) is 18.3. The molecule has 0 unspecified atom stereocenters. The van der Waals surface area contributed by atoms with E-state index in [1.807, 2.05) is 0 Å². The normalized spacial score (nSPS) is 19.4. The summed E-state index contributed by atoms with van der Waals surface area (Å²) < 4.78 is 0. The van der Waals surface area contributed by atoms with E-state index in [1.54, 1.807) is 0 Å². The summed E-state index contributed by atoms with van der Waals surface area (Å²) in [7, 11) is 9.87. The molecule has 0 aliphatic heterocycles. The van der Waals surface area contributed by atoms with Gasteiger partial charge in [-0.05, 0) is 85.9 Å². The Balaban J connectivity index is 0.000000399. The van der Waals surface area contributed by atoms with Crippen molar-refractivity contribution < 1.29 is 20.8 Å². The summed E-state index contributed by atoms with van der Waals surface area (Å²) >= 11 is -0.826. The average molecular weight is 461 g/mol. The van der Waals surface area contributed by atoms with Crippen LogP contribution in [-0.4, -0.2) is 0 Å². The molecule has 138 valence electrons. The number of hydrogen-bond donors (Lipinski definition) is 0. The zero-order valence-electron chi connectivity index (χ0n) is 17.0. The molecule has 3 heteroatoms. The van der Waals surface area contributed by atoms with Crippen molar-refractivity contribution in [2.75, 3.05) is 0 Å². The first kappa shape index (κ1) is 26.5. The van der Waals surface area contributed by atoms with Crippen LogP contribution in [0.4, 0.5) is 0 Å². The predicted molar refractivity (Wildman–Crippen MR) is 110 cm³/mol. The molecule has 2 fully saturated rings. The zero-order valence-corrected chi connectivity index (χ0v) is 21.0. The quantitative estimate of drug-likeness (QED) is 0.407. The molecule has 2 saturated carbocycles. The Kier molecular flexibility index (Phi) is 13.6. The Labute approximate surface area is 178 Å². The Morgan fingerprint density at radius 3 is 1.00 bits per heavy atom. The molecule has 2 rings (SSSR count). The Hall–Kier alpha value is 1.46. The van der Waals surface area contributed by atoms with Crippen LogP contribution in [0.25, 0.3) is 0 Å². The van der Waals surface area contributed by atoms with E-state index in [1.165, 1.54) is 11.8 Å². The van der Waals surface area contributed by atoms with Crippen molar-refractivity contribution in [2.24, 2.45) is 22.7 Å². The van der Waals surface area contributed by atoms with Crippen LogP contribution >= 0.6 is 17.0 Å². The summed E-state index contributed by atoms with van der Waals surface area (Å²) in [6.07, 6.45) is 17.3. The summed E-state index contributed by atoms with van der Waals surface area (Å²) in [5.74, 6) is 4.30. The molecule has 25 heavy (non-hydrogen) atoms. The molecule has 0 N–H and O–H groups in total. The molecule has 2 aliphatic carbocycles. The van der Waals surface area contributed by atoms with Gasteiger partial charge in [-0.2, -0.15) is 0 Å². The van der Waals surface area contributed by atoms with Crippen LogP contribution in [0.2, 0.25) is 0 Å². The molecule has 0 heterocycles. The number of halogens is 2. The molecule has 0 nitrogen and oxygen atoms in total. The summed E-state index contributed by atoms with van der Waals surface area (Å²) in [6, 6.07) is 0. The molecule has 0 saturated heterocycles. The second kappa shape index (κ2) is 12.8. The van der Waals surface area contributed by atoms with Crippen molar-refractivity contribution in [3.63, 3.8) is 0 Å². The van der Waals surface area contributed by atoms with Gasteiger partial charge in [-0.1, -0.05) is 55.4 Å². The fourth-order valence-electron chi connectivity index (χ4n) is 2.27. The molecule has 0 bridgehead atoms. The van der Waals surface area contributed by atoms with Crippen LogP contribution in [0.1, 0.15) is 55.4 Å². The van der Waals surface area contributed by atoms with E-state index in [0.29, 0.717) is 22.7 Å². The molecule has 0 amide bonds. The van der Waals surface area contributed by atoms with E-state index in [4.69, 9.17) is 17.0 Å².